The molecule has 0 saturated carbocycles. The van der Waals surface area contributed by atoms with Crippen LogP contribution in [0.3, 0.4) is 0 Å². The second kappa shape index (κ2) is 4.50. The van der Waals surface area contributed by atoms with E-state index in [9.17, 15) is 13.2 Å². The number of nitrogen functional groups attached to an aromatic ring is 2. The Morgan fingerprint density at radius 1 is 1.11 bits per heavy atom. The van der Waals surface area contributed by atoms with Crippen LogP contribution in [0.2, 0.25) is 0 Å². The lowest BCUT2D eigenvalue weighted by Crippen LogP contribution is -2.12. The monoisotopic (exact) mass is 259 g/mol. The van der Waals surface area contributed by atoms with E-state index < -0.39 is 28.7 Å². The smallest absolute Gasteiger partial charge is 0.256 e. The predicted molar refractivity (Wildman–Crippen MR) is 57.3 cm³/mol. The maximum Gasteiger partial charge on any atom is 0.256 e. The Balaban J connectivity index is 2.58. The summed E-state index contributed by atoms with van der Waals surface area (Å²) in [6.45, 7) is 0. The molecule has 7 nitrogen and oxygen atoms in total. The van der Waals surface area contributed by atoms with Crippen LogP contribution in [-0.2, 0) is 0 Å². The van der Waals surface area contributed by atoms with Gasteiger partial charge in [0.05, 0.1) is 5.56 Å². The van der Waals surface area contributed by atoms with Crippen LogP contribution >= 0.6 is 0 Å². The van der Waals surface area contributed by atoms with E-state index in [2.05, 4.69) is 20.6 Å². The number of halogens is 3. The lowest BCUT2D eigenvalue weighted by atomic mass is 10.1. The van der Waals surface area contributed by atoms with Crippen LogP contribution in [0.25, 0.3) is 11.4 Å². The van der Waals surface area contributed by atoms with Crippen LogP contribution in [0, 0.1) is 17.5 Å². The molecule has 1 heterocycles. The van der Waals surface area contributed by atoms with Crippen LogP contribution in [0.4, 0.5) is 24.8 Å². The summed E-state index contributed by atoms with van der Waals surface area (Å²) in [5.74, 6) is 5.84. The van der Waals surface area contributed by atoms with E-state index >= 15 is 0 Å². The summed E-state index contributed by atoms with van der Waals surface area (Å²) in [5, 5.41) is 5.81. The summed E-state index contributed by atoms with van der Waals surface area (Å²) in [6.07, 6.45) is 0. The Labute approximate surface area is 98.3 Å². The van der Waals surface area contributed by atoms with E-state index in [-0.39, 0.29) is 11.8 Å². The van der Waals surface area contributed by atoms with Gasteiger partial charge in [0.1, 0.15) is 5.69 Å². The number of rotatable bonds is 3. The first-order chi connectivity index (χ1) is 8.58. The highest BCUT2D eigenvalue weighted by Crippen LogP contribution is 2.29. The van der Waals surface area contributed by atoms with E-state index in [1.165, 1.54) is 0 Å². The molecule has 2 aromatic rings. The van der Waals surface area contributed by atoms with Gasteiger partial charge in [-0.1, -0.05) is 0 Å². The first kappa shape index (κ1) is 12.1. The largest absolute Gasteiger partial charge is 0.319 e. The van der Waals surface area contributed by atoms with Gasteiger partial charge in [0, 0.05) is 0 Å². The van der Waals surface area contributed by atoms with Crippen molar-refractivity contribution in [2.75, 3.05) is 10.9 Å². The maximum absolute atomic E-state index is 13.7. The van der Waals surface area contributed by atoms with Crippen molar-refractivity contribution in [3.05, 3.63) is 23.5 Å². The third-order valence-corrected chi connectivity index (χ3v) is 2.17. The van der Waals surface area contributed by atoms with Crippen molar-refractivity contribution in [3.63, 3.8) is 0 Å². The van der Waals surface area contributed by atoms with Crippen molar-refractivity contribution in [2.45, 2.75) is 0 Å². The quantitative estimate of drug-likeness (QED) is 0.310. The Morgan fingerprint density at radius 2 is 1.83 bits per heavy atom. The van der Waals surface area contributed by atoms with Crippen LogP contribution in [0.5, 0.6) is 0 Å². The van der Waals surface area contributed by atoms with E-state index in [4.69, 9.17) is 11.7 Å². The zero-order valence-corrected chi connectivity index (χ0v) is 8.76. The van der Waals surface area contributed by atoms with Gasteiger partial charge in [-0.3, -0.25) is 16.4 Å². The summed E-state index contributed by atoms with van der Waals surface area (Å²) in [6, 6.07) is 0.731. The standard InChI is InChI=1S/C8H8F3N7/c9-3-1-2(4(10)5(11)6(3)15-12)7-14-8(16-13)18-17-7/h1,15H,12-13H2,(H2,14,16,17,18). The highest BCUT2D eigenvalue weighted by Gasteiger charge is 2.21. The zero-order chi connectivity index (χ0) is 13.3. The molecule has 0 unspecified atom stereocenters. The molecular weight excluding hydrogens is 251 g/mol. The van der Waals surface area contributed by atoms with E-state index in [1.54, 1.807) is 5.43 Å². The van der Waals surface area contributed by atoms with Crippen LogP contribution in [0.1, 0.15) is 0 Å². The Morgan fingerprint density at radius 3 is 2.39 bits per heavy atom. The van der Waals surface area contributed by atoms with Crippen molar-refractivity contribution >= 4 is 11.6 Å². The summed E-state index contributed by atoms with van der Waals surface area (Å²) < 4.78 is 40.5. The van der Waals surface area contributed by atoms with Gasteiger partial charge in [-0.2, -0.15) is 4.98 Å². The second-order valence-electron chi connectivity index (χ2n) is 3.21. The van der Waals surface area contributed by atoms with E-state index in [0.29, 0.717) is 0 Å². The molecule has 0 aliphatic carbocycles. The molecule has 0 aliphatic heterocycles. The summed E-state index contributed by atoms with van der Waals surface area (Å²) in [5.41, 5.74) is 2.62. The second-order valence-corrected chi connectivity index (χ2v) is 3.21. The molecule has 0 bridgehead atoms. The van der Waals surface area contributed by atoms with Crippen LogP contribution in [0.15, 0.2) is 6.07 Å². The molecule has 18 heavy (non-hydrogen) atoms. The highest BCUT2D eigenvalue weighted by atomic mass is 19.2. The number of aromatic nitrogens is 3. The van der Waals surface area contributed by atoms with Gasteiger partial charge in [-0.05, 0) is 6.07 Å². The van der Waals surface area contributed by atoms with Gasteiger partial charge in [0.15, 0.2) is 23.3 Å². The number of nitrogens with one attached hydrogen (secondary N) is 3. The van der Waals surface area contributed by atoms with Crippen molar-refractivity contribution in [1.82, 2.24) is 15.2 Å². The minimum atomic E-state index is -1.45. The van der Waals surface area contributed by atoms with Crippen molar-refractivity contribution in [2.24, 2.45) is 11.7 Å². The first-order valence-corrected chi connectivity index (χ1v) is 4.62. The summed E-state index contributed by atoms with van der Waals surface area (Å²) in [4.78, 5) is 3.67. The van der Waals surface area contributed by atoms with Gasteiger partial charge >= 0.3 is 0 Å². The number of hydrazine groups is 2. The number of aromatic amines is 1. The Hall–Kier alpha value is -2.33. The number of hydrogen-bond acceptors (Lipinski definition) is 6. The number of nitrogens with two attached hydrogens (primary N) is 2. The Kier molecular flexibility index (Phi) is 3.04. The van der Waals surface area contributed by atoms with Crippen molar-refractivity contribution in [1.29, 1.82) is 0 Å². The van der Waals surface area contributed by atoms with Gasteiger partial charge in [-0.15, -0.1) is 5.10 Å². The lowest BCUT2D eigenvalue weighted by Gasteiger charge is -2.07. The molecule has 2 rings (SSSR count). The predicted octanol–water partition coefficient (Wildman–Crippen LogP) is 0.460. The average Bonchev–Trinajstić information content (AvgIpc) is 2.83. The first-order valence-electron chi connectivity index (χ1n) is 4.62. The fraction of sp³-hybridized carbons (Fsp3) is 0. The molecule has 96 valence electrons. The fourth-order valence-electron chi connectivity index (χ4n) is 1.35. The SMILES string of the molecule is NNc1n[nH]c(-c2cc(F)c(NN)c(F)c2F)n1. The molecule has 0 fully saturated rings. The number of nitrogens with zero attached hydrogens (tertiary/aromatic N) is 2. The van der Waals surface area contributed by atoms with Crippen LogP contribution < -0.4 is 22.5 Å². The molecule has 0 radical (unpaired) electrons. The number of hydrogen-bond donors (Lipinski definition) is 5. The molecule has 10 heteroatoms. The van der Waals surface area contributed by atoms with Gasteiger partial charge in [0.25, 0.3) is 5.95 Å². The molecule has 0 atom stereocenters. The van der Waals surface area contributed by atoms with E-state index in [1.807, 2.05) is 0 Å². The average molecular weight is 259 g/mol. The van der Waals surface area contributed by atoms with Gasteiger partial charge in [-0.25, -0.2) is 19.0 Å². The third kappa shape index (κ3) is 1.83. The van der Waals surface area contributed by atoms with Crippen molar-refractivity contribution < 1.29 is 13.2 Å². The van der Waals surface area contributed by atoms with Crippen LogP contribution in [-0.4, -0.2) is 15.2 Å². The molecule has 0 saturated heterocycles. The zero-order valence-electron chi connectivity index (χ0n) is 8.76. The topological polar surface area (TPSA) is 118 Å². The fourth-order valence-corrected chi connectivity index (χ4v) is 1.35. The van der Waals surface area contributed by atoms with Gasteiger partial charge < -0.3 is 5.43 Å². The Bertz CT molecular complexity index is 582. The minimum Gasteiger partial charge on any atom is -0.319 e. The maximum atomic E-state index is 13.7. The molecule has 0 spiro atoms. The summed E-state index contributed by atoms with van der Waals surface area (Å²) >= 11 is 0. The normalized spacial score (nSPS) is 10.5. The summed E-state index contributed by atoms with van der Waals surface area (Å²) in [7, 11) is 0. The highest BCUT2D eigenvalue weighted by molar-refractivity contribution is 5.62. The number of H-pyrrole nitrogens is 1. The number of anilines is 2. The molecule has 0 aliphatic rings. The minimum absolute atomic E-state index is 0.0498. The van der Waals surface area contributed by atoms with E-state index in [0.717, 1.165) is 6.07 Å². The lowest BCUT2D eigenvalue weighted by molar-refractivity contribution is 0.501. The molecule has 0 amide bonds. The van der Waals surface area contributed by atoms with Crippen molar-refractivity contribution in [3.8, 4) is 11.4 Å². The molecule has 1 aromatic heterocycles. The van der Waals surface area contributed by atoms with Gasteiger partial charge in [0.2, 0.25) is 0 Å². The third-order valence-electron chi connectivity index (χ3n) is 2.17. The molecule has 7 N–H and O–H groups in total. The molecule has 1 aromatic carbocycles. The molecular formula is C8H8F3N7. The number of benzene rings is 1.